The van der Waals surface area contributed by atoms with Gasteiger partial charge in [0, 0.05) is 24.4 Å². The molecule has 0 bridgehead atoms. The van der Waals surface area contributed by atoms with E-state index < -0.39 is 11.8 Å². The maximum Gasteiger partial charge on any atom is 0.339 e. The third-order valence-corrected chi connectivity index (χ3v) is 5.65. The molecular formula is C23H21ClFN3O4. The molecule has 1 fully saturated rings. The maximum atomic E-state index is 13.4. The Morgan fingerprint density at radius 3 is 2.88 bits per heavy atom. The van der Waals surface area contributed by atoms with Crippen LogP contribution in [0.2, 0.25) is 5.02 Å². The molecule has 1 aromatic heterocycles. The molecule has 1 aliphatic heterocycles. The van der Waals surface area contributed by atoms with Gasteiger partial charge in [0.2, 0.25) is 5.95 Å². The van der Waals surface area contributed by atoms with Crippen LogP contribution >= 0.6 is 11.6 Å². The van der Waals surface area contributed by atoms with Crippen molar-refractivity contribution in [2.75, 3.05) is 18.6 Å². The van der Waals surface area contributed by atoms with Crippen LogP contribution in [0.1, 0.15) is 40.5 Å². The highest BCUT2D eigenvalue weighted by Gasteiger charge is 2.31. The molecular weight excluding hydrogens is 437 g/mol. The number of carbonyl (C=O) groups is 1. The van der Waals surface area contributed by atoms with Crippen molar-refractivity contribution in [3.05, 3.63) is 76.3 Å². The molecule has 3 aromatic rings. The van der Waals surface area contributed by atoms with Crippen LogP contribution in [0.3, 0.4) is 0 Å². The highest BCUT2D eigenvalue weighted by Crippen LogP contribution is 2.38. The second kappa shape index (κ2) is 9.40. The lowest BCUT2D eigenvalue weighted by Crippen LogP contribution is -2.26. The van der Waals surface area contributed by atoms with Gasteiger partial charge in [-0.05, 0) is 31.0 Å². The minimum Gasteiger partial charge on any atom is -0.496 e. The first-order valence-electron chi connectivity index (χ1n) is 10.0. The minimum absolute atomic E-state index is 0.00602. The summed E-state index contributed by atoms with van der Waals surface area (Å²) in [5.74, 6) is -0.218. The van der Waals surface area contributed by atoms with E-state index in [0.717, 1.165) is 30.7 Å². The Morgan fingerprint density at radius 2 is 2.12 bits per heavy atom. The minimum atomic E-state index is -1.16. The lowest BCUT2D eigenvalue weighted by Gasteiger charge is -2.26. The highest BCUT2D eigenvalue weighted by molar-refractivity contribution is 6.30. The van der Waals surface area contributed by atoms with Crippen molar-refractivity contribution in [2.45, 2.75) is 25.5 Å². The number of rotatable bonds is 7. The van der Waals surface area contributed by atoms with Crippen LogP contribution in [0.15, 0.2) is 48.7 Å². The van der Waals surface area contributed by atoms with Gasteiger partial charge in [0.15, 0.2) is 0 Å². The SMILES string of the molecule is COc1ccccc1C1CCCN1c1ncc(C(=O)O)c(COc2ccc(F)c(Cl)c2)n1. The van der Waals surface area contributed by atoms with Gasteiger partial charge in [-0.15, -0.1) is 0 Å². The molecule has 0 amide bonds. The van der Waals surface area contributed by atoms with Gasteiger partial charge in [-0.2, -0.15) is 0 Å². The Bertz CT molecular complexity index is 1140. The summed E-state index contributed by atoms with van der Waals surface area (Å²) < 4.78 is 24.5. The van der Waals surface area contributed by atoms with Gasteiger partial charge in [-0.25, -0.2) is 19.2 Å². The van der Waals surface area contributed by atoms with Crippen LogP contribution in [0, 0.1) is 5.82 Å². The standard InChI is InChI=1S/C23H21ClFN3O4/c1-31-21-7-3-2-5-15(21)20-6-4-10-28(20)23-26-12-16(22(29)30)19(27-23)13-32-14-8-9-18(25)17(24)11-14/h2-3,5,7-9,11-12,20H,4,6,10,13H2,1H3,(H,29,30). The third kappa shape index (κ3) is 4.45. The monoisotopic (exact) mass is 457 g/mol. The van der Waals surface area contributed by atoms with E-state index in [2.05, 4.69) is 9.97 Å². The third-order valence-electron chi connectivity index (χ3n) is 5.36. The van der Waals surface area contributed by atoms with Crippen molar-refractivity contribution in [1.29, 1.82) is 0 Å². The fourth-order valence-electron chi connectivity index (χ4n) is 3.82. The second-order valence-electron chi connectivity index (χ2n) is 7.29. The lowest BCUT2D eigenvalue weighted by molar-refractivity contribution is 0.0692. The zero-order chi connectivity index (χ0) is 22.7. The molecule has 2 aromatic carbocycles. The molecule has 1 saturated heterocycles. The van der Waals surface area contributed by atoms with Crippen molar-refractivity contribution in [3.8, 4) is 11.5 Å². The number of anilines is 1. The summed E-state index contributed by atoms with van der Waals surface area (Å²) in [7, 11) is 1.63. The van der Waals surface area contributed by atoms with Crippen LogP contribution in [0.5, 0.6) is 11.5 Å². The molecule has 0 saturated carbocycles. The predicted molar refractivity (Wildman–Crippen MR) is 117 cm³/mol. The van der Waals surface area contributed by atoms with Crippen LogP contribution < -0.4 is 14.4 Å². The predicted octanol–water partition coefficient (Wildman–Crippen LogP) is 4.90. The first-order chi connectivity index (χ1) is 15.5. The van der Waals surface area contributed by atoms with Crippen molar-refractivity contribution in [1.82, 2.24) is 9.97 Å². The molecule has 7 nitrogen and oxygen atoms in total. The summed E-state index contributed by atoms with van der Waals surface area (Å²) in [6, 6.07) is 11.7. The average Bonchev–Trinajstić information content (AvgIpc) is 3.29. The van der Waals surface area contributed by atoms with Gasteiger partial charge in [0.05, 0.1) is 23.9 Å². The number of aromatic carboxylic acids is 1. The largest absolute Gasteiger partial charge is 0.496 e. The molecule has 9 heteroatoms. The molecule has 4 rings (SSSR count). The Kier molecular flexibility index (Phi) is 6.41. The summed E-state index contributed by atoms with van der Waals surface area (Å²) in [6.07, 6.45) is 3.12. The van der Waals surface area contributed by atoms with Crippen molar-refractivity contribution < 1.29 is 23.8 Å². The Morgan fingerprint density at radius 1 is 1.31 bits per heavy atom. The quantitative estimate of drug-likeness (QED) is 0.540. The van der Waals surface area contributed by atoms with E-state index in [0.29, 0.717) is 11.7 Å². The van der Waals surface area contributed by atoms with E-state index in [1.165, 1.54) is 24.4 Å². The number of nitrogens with zero attached hydrogens (tertiary/aromatic N) is 3. The number of aromatic nitrogens is 2. The fourth-order valence-corrected chi connectivity index (χ4v) is 3.99. The average molecular weight is 458 g/mol. The number of carboxylic acid groups (broad SMARTS) is 1. The first-order valence-corrected chi connectivity index (χ1v) is 10.4. The number of carboxylic acids is 1. The summed E-state index contributed by atoms with van der Waals surface area (Å²) in [5.41, 5.74) is 1.18. The van der Waals surface area contributed by atoms with Crippen LogP contribution in [0.4, 0.5) is 10.3 Å². The number of para-hydroxylation sites is 1. The van der Waals surface area contributed by atoms with Crippen molar-refractivity contribution in [2.24, 2.45) is 0 Å². The van der Waals surface area contributed by atoms with E-state index in [4.69, 9.17) is 21.1 Å². The van der Waals surface area contributed by atoms with Crippen molar-refractivity contribution >= 4 is 23.5 Å². The summed E-state index contributed by atoms with van der Waals surface area (Å²) in [6.45, 7) is 0.593. The van der Waals surface area contributed by atoms with Gasteiger partial charge in [0.25, 0.3) is 0 Å². The van der Waals surface area contributed by atoms with Gasteiger partial charge in [0.1, 0.15) is 29.5 Å². The Balaban J connectivity index is 1.63. The van der Waals surface area contributed by atoms with E-state index >= 15 is 0 Å². The molecule has 0 radical (unpaired) electrons. The van der Waals surface area contributed by atoms with Crippen molar-refractivity contribution in [3.63, 3.8) is 0 Å². The summed E-state index contributed by atoms with van der Waals surface area (Å²) >= 11 is 5.80. The Hall–Kier alpha value is -3.39. The molecule has 1 aliphatic rings. The number of ether oxygens (including phenoxy) is 2. The zero-order valence-corrected chi connectivity index (χ0v) is 18.1. The zero-order valence-electron chi connectivity index (χ0n) is 17.3. The summed E-state index contributed by atoms with van der Waals surface area (Å²) in [5, 5.41) is 9.48. The first kappa shape index (κ1) is 21.8. The second-order valence-corrected chi connectivity index (χ2v) is 7.70. The van der Waals surface area contributed by atoms with E-state index in [1.807, 2.05) is 29.2 Å². The molecule has 0 aliphatic carbocycles. The molecule has 166 valence electrons. The number of benzene rings is 2. The number of hydrogen-bond donors (Lipinski definition) is 1. The van der Waals surface area contributed by atoms with Gasteiger partial charge < -0.3 is 19.5 Å². The molecule has 1 atom stereocenters. The maximum absolute atomic E-state index is 13.4. The topological polar surface area (TPSA) is 84.8 Å². The number of hydrogen-bond acceptors (Lipinski definition) is 6. The van der Waals surface area contributed by atoms with Crippen LogP contribution in [-0.2, 0) is 6.61 Å². The number of methoxy groups -OCH3 is 1. The van der Waals surface area contributed by atoms with Gasteiger partial charge in [-0.1, -0.05) is 29.8 Å². The summed E-state index contributed by atoms with van der Waals surface area (Å²) in [4.78, 5) is 22.6. The lowest BCUT2D eigenvalue weighted by atomic mass is 10.0. The van der Waals surface area contributed by atoms with Gasteiger partial charge >= 0.3 is 5.97 Å². The molecule has 1 N–H and O–H groups in total. The van der Waals surface area contributed by atoms with E-state index in [9.17, 15) is 14.3 Å². The molecule has 32 heavy (non-hydrogen) atoms. The highest BCUT2D eigenvalue weighted by atomic mass is 35.5. The molecule has 2 heterocycles. The van der Waals surface area contributed by atoms with Crippen LogP contribution in [-0.4, -0.2) is 34.7 Å². The van der Waals surface area contributed by atoms with Crippen LogP contribution in [0.25, 0.3) is 0 Å². The van der Waals surface area contributed by atoms with Gasteiger partial charge in [-0.3, -0.25) is 0 Å². The normalized spacial score (nSPS) is 15.6. The Labute approximate surface area is 189 Å². The molecule has 0 spiro atoms. The molecule has 1 unspecified atom stereocenters. The van der Waals surface area contributed by atoms with E-state index in [1.54, 1.807) is 7.11 Å². The fraction of sp³-hybridized carbons (Fsp3) is 0.261. The van der Waals surface area contributed by atoms with E-state index in [-0.39, 0.29) is 28.9 Å². The smallest absolute Gasteiger partial charge is 0.339 e. The number of halogens is 2.